The zero-order valence-corrected chi connectivity index (χ0v) is 20.5. The van der Waals surface area contributed by atoms with Crippen molar-refractivity contribution in [3.63, 3.8) is 0 Å². The number of nitrogens with zero attached hydrogens (tertiary/aromatic N) is 4. The van der Waals surface area contributed by atoms with E-state index in [0.717, 1.165) is 22.5 Å². The molecule has 178 valence electrons. The third-order valence-electron chi connectivity index (χ3n) is 6.43. The molecule has 4 aromatic rings. The molecule has 1 fully saturated rings. The van der Waals surface area contributed by atoms with Crippen molar-refractivity contribution < 1.29 is 9.18 Å². The summed E-state index contributed by atoms with van der Waals surface area (Å²) >= 11 is 6.38. The summed E-state index contributed by atoms with van der Waals surface area (Å²) in [6, 6.07) is 22.0. The minimum Gasteiger partial charge on any atom is -0.367 e. The van der Waals surface area contributed by atoms with Gasteiger partial charge in [0.25, 0.3) is 5.91 Å². The number of aryl methyl sites for hydroxylation is 2. The van der Waals surface area contributed by atoms with Gasteiger partial charge in [0.15, 0.2) is 0 Å². The number of carbonyl (C=O) groups excluding carboxylic acids is 1. The largest absolute Gasteiger partial charge is 0.367 e. The normalized spacial score (nSPS) is 13.8. The summed E-state index contributed by atoms with van der Waals surface area (Å²) in [6.45, 7) is 6.43. The lowest BCUT2D eigenvalue weighted by Gasteiger charge is -2.36. The van der Waals surface area contributed by atoms with E-state index in [-0.39, 0.29) is 11.7 Å². The summed E-state index contributed by atoms with van der Waals surface area (Å²) < 4.78 is 16.3. The first-order valence-electron chi connectivity index (χ1n) is 11.6. The van der Waals surface area contributed by atoms with Crippen LogP contribution in [0.4, 0.5) is 10.1 Å². The molecule has 0 bridgehead atoms. The molecule has 1 saturated heterocycles. The fourth-order valence-electron chi connectivity index (χ4n) is 4.49. The quantitative estimate of drug-likeness (QED) is 0.358. The predicted molar refractivity (Wildman–Crippen MR) is 138 cm³/mol. The van der Waals surface area contributed by atoms with Crippen LogP contribution in [0.1, 0.15) is 21.6 Å². The molecule has 1 aliphatic heterocycles. The molecule has 0 N–H and O–H groups in total. The zero-order valence-electron chi connectivity index (χ0n) is 19.7. The van der Waals surface area contributed by atoms with E-state index in [2.05, 4.69) is 4.90 Å². The molecule has 7 heteroatoms. The van der Waals surface area contributed by atoms with Gasteiger partial charge in [0.2, 0.25) is 0 Å². The number of aromatic nitrogens is 2. The lowest BCUT2D eigenvalue weighted by molar-refractivity contribution is 0.0737. The van der Waals surface area contributed by atoms with Crippen LogP contribution in [0.3, 0.4) is 0 Å². The molecule has 1 aliphatic rings. The summed E-state index contributed by atoms with van der Waals surface area (Å²) in [5.74, 6) is -0.495. The molecule has 0 saturated carbocycles. The van der Waals surface area contributed by atoms with E-state index in [4.69, 9.17) is 16.7 Å². The van der Waals surface area contributed by atoms with Crippen molar-refractivity contribution in [1.29, 1.82) is 0 Å². The van der Waals surface area contributed by atoms with Crippen LogP contribution < -0.4 is 4.90 Å². The van der Waals surface area contributed by atoms with Crippen molar-refractivity contribution in [3.8, 4) is 16.9 Å². The Hall–Kier alpha value is -3.64. The van der Waals surface area contributed by atoms with E-state index < -0.39 is 0 Å². The van der Waals surface area contributed by atoms with E-state index in [1.165, 1.54) is 6.07 Å². The van der Waals surface area contributed by atoms with Crippen molar-refractivity contribution >= 4 is 23.2 Å². The summed E-state index contributed by atoms with van der Waals surface area (Å²) in [5, 5.41) is 5.41. The lowest BCUT2D eigenvalue weighted by atomic mass is 10.1. The predicted octanol–water partition coefficient (Wildman–Crippen LogP) is 5.91. The van der Waals surface area contributed by atoms with Gasteiger partial charge >= 0.3 is 0 Å². The van der Waals surface area contributed by atoms with Crippen LogP contribution in [0.25, 0.3) is 16.9 Å². The van der Waals surface area contributed by atoms with E-state index in [0.29, 0.717) is 48.2 Å². The van der Waals surface area contributed by atoms with Crippen LogP contribution in [-0.2, 0) is 0 Å². The van der Waals surface area contributed by atoms with Gasteiger partial charge in [-0.3, -0.25) is 4.79 Å². The smallest absolute Gasteiger partial charge is 0.272 e. The van der Waals surface area contributed by atoms with E-state index in [1.807, 2.05) is 61.2 Å². The highest BCUT2D eigenvalue weighted by Crippen LogP contribution is 2.29. The molecule has 5 nitrogen and oxygen atoms in total. The first kappa shape index (κ1) is 23.1. The fourth-order valence-corrected chi connectivity index (χ4v) is 4.74. The highest BCUT2D eigenvalue weighted by Gasteiger charge is 2.27. The monoisotopic (exact) mass is 488 g/mol. The van der Waals surface area contributed by atoms with Gasteiger partial charge < -0.3 is 9.80 Å². The van der Waals surface area contributed by atoms with Gasteiger partial charge in [-0.2, -0.15) is 5.10 Å². The molecule has 0 unspecified atom stereocenters. The highest BCUT2D eigenvalue weighted by molar-refractivity contribution is 6.33. The second-order valence-electron chi connectivity index (χ2n) is 8.83. The Morgan fingerprint density at radius 1 is 0.886 bits per heavy atom. The molecule has 1 amide bonds. The standard InChI is InChI=1S/C28H26ClFN4O/c1-19-11-12-20(2)26(17-19)34-27(18-24(31-34)21-7-3-5-9-23(21)30)28(35)33-15-13-32(14-16-33)25-10-6-4-8-22(25)29/h3-12,17-18H,13-16H2,1-2H3. The molecular formula is C28H26ClFN4O. The van der Waals surface area contributed by atoms with Crippen LogP contribution in [0, 0.1) is 19.7 Å². The third-order valence-corrected chi connectivity index (χ3v) is 6.75. The van der Waals surface area contributed by atoms with Gasteiger partial charge in [-0.1, -0.05) is 48.0 Å². The third kappa shape index (κ3) is 4.54. The van der Waals surface area contributed by atoms with Gasteiger partial charge in [0.05, 0.1) is 22.1 Å². The maximum atomic E-state index is 14.6. The molecule has 2 heterocycles. The average Bonchev–Trinajstić information content (AvgIpc) is 3.31. The Balaban J connectivity index is 1.49. The van der Waals surface area contributed by atoms with Crippen molar-refractivity contribution in [2.45, 2.75) is 13.8 Å². The van der Waals surface area contributed by atoms with E-state index in [9.17, 15) is 9.18 Å². The fraction of sp³-hybridized carbons (Fsp3) is 0.214. The minimum absolute atomic E-state index is 0.125. The Labute approximate surface area is 209 Å². The Morgan fingerprint density at radius 3 is 2.34 bits per heavy atom. The van der Waals surface area contributed by atoms with Crippen LogP contribution in [0.5, 0.6) is 0 Å². The van der Waals surface area contributed by atoms with Crippen molar-refractivity contribution in [1.82, 2.24) is 14.7 Å². The van der Waals surface area contributed by atoms with Gasteiger partial charge in [-0.05, 0) is 61.4 Å². The highest BCUT2D eigenvalue weighted by atomic mass is 35.5. The van der Waals surface area contributed by atoms with Crippen LogP contribution in [0.2, 0.25) is 5.02 Å². The molecule has 35 heavy (non-hydrogen) atoms. The van der Waals surface area contributed by atoms with Gasteiger partial charge in [0, 0.05) is 31.7 Å². The number of benzene rings is 3. The number of piperazine rings is 1. The maximum absolute atomic E-state index is 14.6. The summed E-state index contributed by atoms with van der Waals surface area (Å²) in [7, 11) is 0. The van der Waals surface area contributed by atoms with Crippen LogP contribution in [0.15, 0.2) is 72.8 Å². The molecule has 0 atom stereocenters. The number of rotatable bonds is 4. The summed E-state index contributed by atoms with van der Waals surface area (Å²) in [6.07, 6.45) is 0. The number of hydrogen-bond acceptors (Lipinski definition) is 3. The number of hydrogen-bond donors (Lipinski definition) is 0. The zero-order chi connectivity index (χ0) is 24.5. The maximum Gasteiger partial charge on any atom is 0.272 e. The van der Waals surface area contributed by atoms with Gasteiger partial charge in [0.1, 0.15) is 11.5 Å². The molecule has 0 radical (unpaired) electrons. The molecule has 0 aliphatic carbocycles. The van der Waals surface area contributed by atoms with Crippen LogP contribution >= 0.6 is 11.6 Å². The molecule has 5 rings (SSSR count). The molecular weight excluding hydrogens is 463 g/mol. The van der Waals surface area contributed by atoms with Gasteiger partial charge in [-0.15, -0.1) is 0 Å². The lowest BCUT2D eigenvalue weighted by Crippen LogP contribution is -2.49. The number of carbonyl (C=O) groups is 1. The molecule has 0 spiro atoms. The topological polar surface area (TPSA) is 41.4 Å². The first-order chi connectivity index (χ1) is 16.9. The SMILES string of the molecule is Cc1ccc(C)c(-n2nc(-c3ccccc3F)cc2C(=O)N2CCN(c3ccccc3Cl)CC2)c1. The molecule has 3 aromatic carbocycles. The Morgan fingerprint density at radius 2 is 1.60 bits per heavy atom. The summed E-state index contributed by atoms with van der Waals surface area (Å²) in [4.78, 5) is 17.8. The first-order valence-corrected chi connectivity index (χ1v) is 12.0. The van der Waals surface area contributed by atoms with Crippen molar-refractivity contribution in [3.05, 3.63) is 100 Å². The average molecular weight is 489 g/mol. The number of amides is 1. The minimum atomic E-state index is -0.370. The summed E-state index contributed by atoms with van der Waals surface area (Å²) in [5.41, 5.74) is 5.05. The Kier molecular flexibility index (Phi) is 6.31. The second kappa shape index (κ2) is 9.55. The Bertz CT molecular complexity index is 1390. The molecule has 1 aromatic heterocycles. The van der Waals surface area contributed by atoms with Crippen molar-refractivity contribution in [2.24, 2.45) is 0 Å². The number of anilines is 1. The van der Waals surface area contributed by atoms with E-state index >= 15 is 0 Å². The van der Waals surface area contributed by atoms with E-state index in [1.54, 1.807) is 28.9 Å². The number of halogens is 2. The number of para-hydroxylation sites is 1. The second-order valence-corrected chi connectivity index (χ2v) is 9.23. The van der Waals surface area contributed by atoms with Gasteiger partial charge in [-0.25, -0.2) is 9.07 Å². The van der Waals surface area contributed by atoms with Crippen LogP contribution in [-0.4, -0.2) is 46.8 Å². The van der Waals surface area contributed by atoms with Crippen molar-refractivity contribution in [2.75, 3.05) is 31.1 Å².